The number of H-pyrrole nitrogens is 1. The van der Waals surface area contributed by atoms with Crippen molar-refractivity contribution in [1.29, 1.82) is 0 Å². The van der Waals surface area contributed by atoms with Gasteiger partial charge in [-0.15, -0.1) is 5.10 Å². The maximum Gasteiger partial charge on any atom is 0.343 e. The molecule has 0 saturated heterocycles. The van der Waals surface area contributed by atoms with Crippen molar-refractivity contribution in [2.24, 2.45) is 0 Å². The smallest absolute Gasteiger partial charge is 0.293 e. The molecule has 0 aliphatic heterocycles. The molecule has 1 aromatic carbocycles. The van der Waals surface area contributed by atoms with E-state index in [1.165, 1.54) is 4.57 Å². The monoisotopic (exact) mass is 313 g/mol. The van der Waals surface area contributed by atoms with Crippen LogP contribution in [0.15, 0.2) is 28.2 Å². The third-order valence-corrected chi connectivity index (χ3v) is 3.71. The fourth-order valence-corrected chi connectivity index (χ4v) is 2.61. The molecule has 0 aliphatic carbocycles. The molecule has 1 aromatic heterocycles. The van der Waals surface area contributed by atoms with Crippen LogP contribution >= 0.6 is 11.8 Å². The minimum atomic E-state index is -0.769. The van der Waals surface area contributed by atoms with Gasteiger partial charge in [0.15, 0.2) is 10.9 Å². The number of ketones is 1. The van der Waals surface area contributed by atoms with E-state index in [0.717, 1.165) is 36.4 Å². The van der Waals surface area contributed by atoms with Gasteiger partial charge in [0.25, 0.3) is 0 Å². The highest BCUT2D eigenvalue weighted by Crippen LogP contribution is 2.18. The molecule has 5 nitrogen and oxygen atoms in total. The maximum atomic E-state index is 13.5. The summed E-state index contributed by atoms with van der Waals surface area (Å²) in [5.74, 6) is -2.13. The lowest BCUT2D eigenvalue weighted by Gasteiger charge is -2.04. The average Bonchev–Trinajstić information content (AvgIpc) is 2.80. The van der Waals surface area contributed by atoms with Crippen molar-refractivity contribution in [1.82, 2.24) is 14.8 Å². The first-order valence-corrected chi connectivity index (χ1v) is 7.27. The third-order valence-electron chi connectivity index (χ3n) is 2.73. The summed E-state index contributed by atoms with van der Waals surface area (Å²) in [7, 11) is 0. The molecule has 0 radical (unpaired) electrons. The lowest BCUT2D eigenvalue weighted by atomic mass is 10.1. The highest BCUT2D eigenvalue weighted by atomic mass is 32.2. The fourth-order valence-electron chi connectivity index (χ4n) is 1.75. The van der Waals surface area contributed by atoms with E-state index in [-0.39, 0.29) is 17.0 Å². The van der Waals surface area contributed by atoms with Gasteiger partial charge in [-0.2, -0.15) is 0 Å². The first-order chi connectivity index (χ1) is 10.0. The van der Waals surface area contributed by atoms with E-state index in [9.17, 15) is 18.4 Å². The number of halogens is 2. The van der Waals surface area contributed by atoms with Crippen molar-refractivity contribution in [3.63, 3.8) is 0 Å². The number of aromatic amines is 1. The highest BCUT2D eigenvalue weighted by molar-refractivity contribution is 7.99. The van der Waals surface area contributed by atoms with Gasteiger partial charge in [-0.05, 0) is 24.6 Å². The van der Waals surface area contributed by atoms with Crippen LogP contribution in [0.4, 0.5) is 8.78 Å². The second kappa shape index (κ2) is 6.66. The average molecular weight is 313 g/mol. The summed E-state index contributed by atoms with van der Waals surface area (Å²) in [6.07, 6.45) is 0.736. The minimum Gasteiger partial charge on any atom is -0.293 e. The summed E-state index contributed by atoms with van der Waals surface area (Å²) in [5.41, 5.74) is -0.661. The Bertz CT molecular complexity index is 712. The van der Waals surface area contributed by atoms with Gasteiger partial charge in [0, 0.05) is 6.54 Å². The number of thioether (sulfide) groups is 1. The predicted molar refractivity (Wildman–Crippen MR) is 74.6 cm³/mol. The predicted octanol–water partition coefficient (Wildman–Crippen LogP) is 2.23. The van der Waals surface area contributed by atoms with Gasteiger partial charge in [0.05, 0.1) is 11.3 Å². The first-order valence-electron chi connectivity index (χ1n) is 6.29. The molecular weight excluding hydrogens is 300 g/mol. The Labute approximate surface area is 123 Å². The second-order valence-electron chi connectivity index (χ2n) is 4.30. The SMILES string of the molecule is CCCn1c(SCC(=O)c2cc(F)ccc2F)n[nH]c1=O. The van der Waals surface area contributed by atoms with Crippen molar-refractivity contribution in [3.05, 3.63) is 45.9 Å². The number of benzene rings is 1. The number of carbonyl (C=O) groups excluding carboxylic acids is 1. The lowest BCUT2D eigenvalue weighted by molar-refractivity contribution is 0.101. The molecule has 0 aliphatic rings. The first kappa shape index (κ1) is 15.4. The Kier molecular flexibility index (Phi) is 4.89. The fraction of sp³-hybridized carbons (Fsp3) is 0.308. The normalized spacial score (nSPS) is 10.8. The van der Waals surface area contributed by atoms with Gasteiger partial charge in [0.2, 0.25) is 0 Å². The van der Waals surface area contributed by atoms with E-state index in [4.69, 9.17) is 0 Å². The van der Waals surface area contributed by atoms with Crippen LogP contribution in [0.3, 0.4) is 0 Å². The number of rotatable bonds is 6. The van der Waals surface area contributed by atoms with Crippen LogP contribution in [0.25, 0.3) is 0 Å². The topological polar surface area (TPSA) is 67.8 Å². The summed E-state index contributed by atoms with van der Waals surface area (Å²) in [5, 5.41) is 6.46. The Balaban J connectivity index is 2.11. The van der Waals surface area contributed by atoms with Gasteiger partial charge in [0.1, 0.15) is 11.6 Å². The minimum absolute atomic E-state index is 0.131. The molecule has 2 rings (SSSR count). The van der Waals surface area contributed by atoms with E-state index >= 15 is 0 Å². The highest BCUT2D eigenvalue weighted by Gasteiger charge is 2.15. The summed E-state index contributed by atoms with van der Waals surface area (Å²) in [6.45, 7) is 2.38. The summed E-state index contributed by atoms with van der Waals surface area (Å²) < 4.78 is 27.9. The second-order valence-corrected chi connectivity index (χ2v) is 5.24. The number of aromatic nitrogens is 3. The van der Waals surface area contributed by atoms with Crippen molar-refractivity contribution in [3.8, 4) is 0 Å². The Morgan fingerprint density at radius 2 is 2.19 bits per heavy atom. The molecule has 0 spiro atoms. The van der Waals surface area contributed by atoms with Crippen LogP contribution in [0.2, 0.25) is 0 Å². The molecule has 0 unspecified atom stereocenters. The standard InChI is InChI=1S/C13H13F2N3O2S/c1-2-5-18-12(20)16-17-13(18)21-7-11(19)9-6-8(14)3-4-10(9)15/h3-4,6H,2,5,7H2,1H3,(H,16,20). The molecule has 0 fully saturated rings. The number of carbonyl (C=O) groups is 1. The number of hydrogen-bond donors (Lipinski definition) is 1. The van der Waals surface area contributed by atoms with Crippen LogP contribution in [0, 0.1) is 11.6 Å². The molecule has 1 N–H and O–H groups in total. The molecule has 0 bridgehead atoms. The van der Waals surface area contributed by atoms with Crippen LogP contribution < -0.4 is 5.69 Å². The number of Topliss-reactive ketones (excluding diaryl/α,β-unsaturated/α-hetero) is 1. The number of nitrogens with one attached hydrogen (secondary N) is 1. The van der Waals surface area contributed by atoms with Crippen LogP contribution in [0.5, 0.6) is 0 Å². The molecule has 21 heavy (non-hydrogen) atoms. The van der Waals surface area contributed by atoms with Gasteiger partial charge in [-0.25, -0.2) is 18.7 Å². The Hall–Kier alpha value is -1.96. The number of nitrogens with zero attached hydrogens (tertiary/aromatic N) is 2. The van der Waals surface area contributed by atoms with Crippen LogP contribution in [0.1, 0.15) is 23.7 Å². The Morgan fingerprint density at radius 1 is 1.43 bits per heavy atom. The van der Waals surface area contributed by atoms with Crippen LogP contribution in [-0.2, 0) is 6.54 Å². The zero-order valence-corrected chi connectivity index (χ0v) is 12.0. The summed E-state index contributed by atoms with van der Waals surface area (Å²) >= 11 is 1.01. The molecule has 2 aromatic rings. The molecule has 0 amide bonds. The molecular formula is C13H13F2N3O2S. The van der Waals surface area contributed by atoms with Gasteiger partial charge in [-0.1, -0.05) is 18.7 Å². The zero-order chi connectivity index (χ0) is 15.4. The number of hydrogen-bond acceptors (Lipinski definition) is 4. The summed E-state index contributed by atoms with van der Waals surface area (Å²) in [6, 6.07) is 2.72. The largest absolute Gasteiger partial charge is 0.343 e. The van der Waals surface area contributed by atoms with Gasteiger partial charge < -0.3 is 0 Å². The van der Waals surface area contributed by atoms with E-state index in [1.807, 2.05) is 6.92 Å². The third kappa shape index (κ3) is 3.57. The van der Waals surface area contributed by atoms with Crippen LogP contribution in [-0.4, -0.2) is 26.3 Å². The lowest BCUT2D eigenvalue weighted by Crippen LogP contribution is -2.17. The quantitative estimate of drug-likeness (QED) is 0.656. The van der Waals surface area contributed by atoms with Crippen molar-refractivity contribution < 1.29 is 13.6 Å². The Morgan fingerprint density at radius 3 is 2.90 bits per heavy atom. The van der Waals surface area contributed by atoms with Crippen molar-refractivity contribution >= 4 is 17.5 Å². The van der Waals surface area contributed by atoms with E-state index < -0.39 is 17.4 Å². The molecule has 1 heterocycles. The maximum absolute atomic E-state index is 13.5. The molecule has 0 atom stereocenters. The van der Waals surface area contributed by atoms with E-state index in [2.05, 4.69) is 10.2 Å². The van der Waals surface area contributed by atoms with Gasteiger partial charge in [-0.3, -0.25) is 9.36 Å². The van der Waals surface area contributed by atoms with Gasteiger partial charge >= 0.3 is 5.69 Å². The zero-order valence-electron chi connectivity index (χ0n) is 11.2. The van der Waals surface area contributed by atoms with E-state index in [0.29, 0.717) is 11.7 Å². The summed E-state index contributed by atoms with van der Waals surface area (Å²) in [4.78, 5) is 23.4. The molecule has 0 saturated carbocycles. The van der Waals surface area contributed by atoms with Crippen molar-refractivity contribution in [2.45, 2.75) is 25.0 Å². The molecule has 112 valence electrons. The van der Waals surface area contributed by atoms with E-state index in [1.54, 1.807) is 0 Å². The van der Waals surface area contributed by atoms with Crippen molar-refractivity contribution in [2.75, 3.05) is 5.75 Å². The molecule has 8 heteroatoms.